The van der Waals surface area contributed by atoms with Crippen LogP contribution in [0.5, 0.6) is 0 Å². The number of nitrogens with one attached hydrogen (secondary N) is 5. The standard InChI is InChI=1S/C29H27F3N6O.C22H31N9O/c1-19-3-5-22(14-21(19)6-4-20-13-24-17-34-36-27(24)33-16-20)28(39)35-25-8-7-23(26(15-25)29(30,31)32)18-38-11-9-37(2)10-12-38;1-14(2)17-10-16(32-29-17)13-23-22-25-19(24-20-11-18(27-28-20)15-4-5-15)12-21(26-22)31-8-6-30(3)7-9-31/h3,5,7-8,13-17H,9-12,18H2,1-2H3,(H,35,39)(H,33,34,36);10-12,14-15H,4-9,13H2,1-3H3,(H3,23,24,25,26,27,28). The van der Waals surface area contributed by atoms with Crippen LogP contribution in [-0.2, 0) is 19.3 Å². The van der Waals surface area contributed by atoms with Crippen molar-refractivity contribution in [2.75, 3.05) is 87.3 Å². The molecule has 5 N–H and O–H groups in total. The highest BCUT2D eigenvalue weighted by Crippen LogP contribution is 2.40. The third-order valence-corrected chi connectivity index (χ3v) is 12.8. The Morgan fingerprint density at radius 3 is 2.38 bits per heavy atom. The number of carbonyl (C=O) groups excluding carboxylic acids is 1. The number of piperazine rings is 2. The summed E-state index contributed by atoms with van der Waals surface area (Å²) < 4.78 is 47.2. The minimum absolute atomic E-state index is 0.0853. The van der Waals surface area contributed by atoms with E-state index < -0.39 is 17.6 Å². The van der Waals surface area contributed by atoms with Gasteiger partial charge in [-0.2, -0.15) is 33.3 Å². The number of hydrogen-bond donors (Lipinski definition) is 5. The maximum Gasteiger partial charge on any atom is 0.416 e. The van der Waals surface area contributed by atoms with Gasteiger partial charge in [-0.1, -0.05) is 43.0 Å². The van der Waals surface area contributed by atoms with Crippen LogP contribution in [0.1, 0.15) is 93.8 Å². The van der Waals surface area contributed by atoms with Crippen molar-refractivity contribution in [1.82, 2.24) is 55.2 Å². The molecule has 2 aliphatic heterocycles. The summed E-state index contributed by atoms with van der Waals surface area (Å²) in [7, 11) is 4.15. The first-order chi connectivity index (χ1) is 34.2. The molecule has 3 aliphatic rings. The fourth-order valence-corrected chi connectivity index (χ4v) is 8.21. The van der Waals surface area contributed by atoms with Crippen LogP contribution in [0.3, 0.4) is 0 Å². The van der Waals surface area contributed by atoms with Gasteiger partial charge in [-0.3, -0.25) is 19.9 Å². The van der Waals surface area contributed by atoms with E-state index in [1.165, 1.54) is 30.7 Å². The quantitative estimate of drug-likeness (QED) is 0.0742. The largest absolute Gasteiger partial charge is 0.416 e. The molecule has 1 aliphatic carbocycles. The fourth-order valence-electron chi connectivity index (χ4n) is 8.21. The van der Waals surface area contributed by atoms with Crippen LogP contribution in [-0.4, -0.2) is 128 Å². The Kier molecular flexibility index (Phi) is 14.6. The molecule has 0 spiro atoms. The summed E-state index contributed by atoms with van der Waals surface area (Å²) in [5, 5.41) is 28.5. The number of nitrogens with zero attached hydrogens (tertiary/aromatic N) is 10. The summed E-state index contributed by atoms with van der Waals surface area (Å²) in [6, 6.07) is 16.9. The van der Waals surface area contributed by atoms with Gasteiger partial charge in [0.15, 0.2) is 17.2 Å². The van der Waals surface area contributed by atoms with Crippen molar-refractivity contribution in [3.63, 3.8) is 0 Å². The lowest BCUT2D eigenvalue weighted by atomic mass is 10.0. The second-order valence-corrected chi connectivity index (χ2v) is 18.8. The van der Waals surface area contributed by atoms with Crippen molar-refractivity contribution in [2.24, 2.45) is 0 Å². The van der Waals surface area contributed by atoms with Gasteiger partial charge in [0.25, 0.3) is 5.91 Å². The molecule has 1 saturated carbocycles. The average Bonchev–Trinajstić information content (AvgIpc) is 3.65. The molecule has 2 aromatic carbocycles. The summed E-state index contributed by atoms with van der Waals surface area (Å²) in [6.07, 6.45) is 1.22. The van der Waals surface area contributed by atoms with E-state index >= 15 is 0 Å². The predicted octanol–water partition coefficient (Wildman–Crippen LogP) is 7.98. The number of fused-ring (bicyclic) bond motifs is 1. The Bertz CT molecular complexity index is 3020. The van der Waals surface area contributed by atoms with E-state index in [1.807, 2.05) is 37.1 Å². The van der Waals surface area contributed by atoms with Crippen LogP contribution in [0, 0.1) is 18.8 Å². The fraction of sp³-hybridized carbons (Fsp3) is 0.392. The number of alkyl halides is 3. The number of aryl methyl sites for hydroxylation is 1. The van der Waals surface area contributed by atoms with Gasteiger partial charge in [0.1, 0.15) is 11.6 Å². The number of benzene rings is 2. The summed E-state index contributed by atoms with van der Waals surface area (Å²) in [5.41, 5.74) is 4.82. The first-order valence-corrected chi connectivity index (χ1v) is 23.9. The smallest absolute Gasteiger partial charge is 0.359 e. The van der Waals surface area contributed by atoms with Crippen molar-refractivity contribution >= 4 is 46.0 Å². The number of pyridine rings is 1. The normalized spacial score (nSPS) is 15.8. The van der Waals surface area contributed by atoms with E-state index in [0.29, 0.717) is 65.6 Å². The number of carbonyl (C=O) groups is 1. The molecule has 3 fully saturated rings. The lowest BCUT2D eigenvalue weighted by Gasteiger charge is -2.33. The van der Waals surface area contributed by atoms with Crippen molar-refractivity contribution in [1.29, 1.82) is 0 Å². The molecule has 0 unspecified atom stereocenters. The summed E-state index contributed by atoms with van der Waals surface area (Å²) >= 11 is 0. The zero-order valence-electron chi connectivity index (χ0n) is 40.5. The maximum atomic E-state index is 13.9. The van der Waals surface area contributed by atoms with Crippen LogP contribution in [0.25, 0.3) is 11.0 Å². The van der Waals surface area contributed by atoms with Gasteiger partial charge in [0.05, 0.1) is 24.0 Å². The lowest BCUT2D eigenvalue weighted by molar-refractivity contribution is -0.138. The molecule has 0 bridgehead atoms. The molecular weight excluding hydrogens is 912 g/mol. The Morgan fingerprint density at radius 1 is 0.873 bits per heavy atom. The molecule has 71 heavy (non-hydrogen) atoms. The number of aromatic nitrogens is 8. The third kappa shape index (κ3) is 12.7. The van der Waals surface area contributed by atoms with E-state index in [1.54, 1.807) is 30.6 Å². The van der Waals surface area contributed by atoms with Gasteiger partial charge >= 0.3 is 6.18 Å². The molecule has 0 radical (unpaired) electrons. The first-order valence-electron chi connectivity index (χ1n) is 23.9. The highest BCUT2D eigenvalue weighted by Gasteiger charge is 2.34. The topological polar surface area (TPSA) is 188 Å². The molecule has 2 saturated heterocycles. The van der Waals surface area contributed by atoms with Gasteiger partial charge in [-0.25, -0.2) is 4.98 Å². The highest BCUT2D eigenvalue weighted by molar-refractivity contribution is 6.04. The molecule has 1 amide bonds. The van der Waals surface area contributed by atoms with E-state index in [4.69, 9.17) is 9.51 Å². The van der Waals surface area contributed by atoms with Crippen LogP contribution >= 0.6 is 0 Å². The highest BCUT2D eigenvalue weighted by atomic mass is 19.4. The molecule has 5 aromatic heterocycles. The minimum Gasteiger partial charge on any atom is -0.359 e. The average molecular weight is 970 g/mol. The Balaban J connectivity index is 0.000000179. The van der Waals surface area contributed by atoms with Crippen molar-refractivity contribution in [3.05, 3.63) is 124 Å². The number of aromatic amines is 2. The van der Waals surface area contributed by atoms with E-state index in [0.717, 1.165) is 79.4 Å². The van der Waals surface area contributed by atoms with E-state index in [2.05, 4.69) is 105 Å². The van der Waals surface area contributed by atoms with Crippen molar-refractivity contribution in [3.8, 4) is 11.8 Å². The summed E-state index contributed by atoms with van der Waals surface area (Å²) in [4.78, 5) is 35.5. The second-order valence-electron chi connectivity index (χ2n) is 18.8. The summed E-state index contributed by atoms with van der Waals surface area (Å²) in [6.45, 7) is 13.7. The Morgan fingerprint density at radius 2 is 1.65 bits per heavy atom. The number of H-pyrrole nitrogens is 2. The molecule has 20 heteroatoms. The number of likely N-dealkylation sites (N-methyl/N-ethyl adjacent to an activating group) is 2. The van der Waals surface area contributed by atoms with Crippen LogP contribution < -0.4 is 20.9 Å². The molecule has 7 heterocycles. The van der Waals surface area contributed by atoms with Gasteiger partial charge in [-0.05, 0) is 81.2 Å². The van der Waals surface area contributed by atoms with Crippen LogP contribution in [0.15, 0.2) is 77.6 Å². The van der Waals surface area contributed by atoms with Gasteiger partial charge < -0.3 is 35.2 Å². The SMILES string of the molecule is CC(C)c1cc(CNc2nc(Nc3cc(C4CC4)[nH]n3)cc(N3CCN(C)CC3)n2)on1.Cc1ccc(C(=O)Nc2ccc(CN3CCN(C)CC3)c(C(F)(F)F)c2)cc1C#Cc1cnc2[nH]ncc2c1. The number of halogens is 3. The number of anilines is 5. The second kappa shape index (κ2) is 21.3. The Labute approximate surface area is 410 Å². The van der Waals surface area contributed by atoms with Crippen LogP contribution in [0.4, 0.5) is 42.3 Å². The lowest BCUT2D eigenvalue weighted by Crippen LogP contribution is -2.44. The molecule has 370 valence electrons. The molecule has 10 rings (SSSR count). The van der Waals surface area contributed by atoms with E-state index in [-0.39, 0.29) is 17.8 Å². The summed E-state index contributed by atoms with van der Waals surface area (Å²) in [5.74, 6) is 10.2. The zero-order valence-corrected chi connectivity index (χ0v) is 40.5. The number of rotatable bonds is 12. The maximum absolute atomic E-state index is 13.9. The van der Waals surface area contributed by atoms with E-state index in [9.17, 15) is 18.0 Å². The Hall–Kier alpha value is -7.34. The van der Waals surface area contributed by atoms with Crippen molar-refractivity contribution in [2.45, 2.75) is 64.7 Å². The monoisotopic (exact) mass is 969 g/mol. The zero-order chi connectivity index (χ0) is 49.6. The van der Waals surface area contributed by atoms with Crippen molar-refractivity contribution < 1.29 is 22.5 Å². The number of hydrogen-bond acceptors (Lipinski definition) is 14. The number of amides is 1. The predicted molar refractivity (Wildman–Crippen MR) is 267 cm³/mol. The molecule has 17 nitrogen and oxygen atoms in total. The van der Waals surface area contributed by atoms with Gasteiger partial charge in [0.2, 0.25) is 5.95 Å². The van der Waals surface area contributed by atoms with Gasteiger partial charge in [0, 0.05) is 123 Å². The minimum atomic E-state index is -4.54. The molecule has 7 aromatic rings. The third-order valence-electron chi connectivity index (χ3n) is 12.8. The van der Waals surface area contributed by atoms with Gasteiger partial charge in [-0.15, -0.1) is 0 Å². The van der Waals surface area contributed by atoms with Crippen LogP contribution in [0.2, 0.25) is 0 Å². The molecule has 0 atom stereocenters. The first kappa shape index (κ1) is 48.7. The molecular formula is C51H58F3N15O2.